The fourth-order valence-electron chi connectivity index (χ4n) is 2.42. The summed E-state index contributed by atoms with van der Waals surface area (Å²) in [4.78, 5) is 18.8. The van der Waals surface area contributed by atoms with Crippen molar-refractivity contribution in [3.63, 3.8) is 0 Å². The Hall–Kier alpha value is 0.580. The Morgan fingerprint density at radius 2 is 1.17 bits per heavy atom. The highest BCUT2D eigenvalue weighted by atomic mass is 31.2. The van der Waals surface area contributed by atoms with Gasteiger partial charge in [-0.2, -0.15) is 0 Å². The highest BCUT2D eigenvalue weighted by molar-refractivity contribution is 7.84. The molecule has 0 aliphatic rings. The van der Waals surface area contributed by atoms with Crippen molar-refractivity contribution in [2.24, 2.45) is 0 Å². The van der Waals surface area contributed by atoms with Crippen molar-refractivity contribution in [1.29, 1.82) is 0 Å². The standard InChI is InChI=1S/C13H30O3P2/c1-4-7-10-17(11-8-5-2,12-9-6-3)13-18(14,15)16/h4-13H2,1-3H3,(H-,14,15,16)/p+1. The van der Waals surface area contributed by atoms with Gasteiger partial charge in [0.1, 0.15) is 0 Å². The molecule has 0 fully saturated rings. The molecule has 0 unspecified atom stereocenters. The van der Waals surface area contributed by atoms with E-state index in [4.69, 9.17) is 0 Å². The Labute approximate surface area is 113 Å². The smallest absolute Gasteiger partial charge is 0.322 e. The molecule has 0 amide bonds. The van der Waals surface area contributed by atoms with Crippen LogP contribution in [0.1, 0.15) is 59.3 Å². The van der Waals surface area contributed by atoms with E-state index in [1.807, 2.05) is 0 Å². The molecule has 0 bridgehead atoms. The third kappa shape index (κ3) is 8.64. The first-order chi connectivity index (χ1) is 8.39. The second-order valence-corrected chi connectivity index (χ2v) is 11.9. The first-order valence-electron chi connectivity index (χ1n) is 7.29. The van der Waals surface area contributed by atoms with Gasteiger partial charge in [-0.1, -0.05) is 40.0 Å². The highest BCUT2D eigenvalue weighted by Crippen LogP contribution is 2.68. The summed E-state index contributed by atoms with van der Waals surface area (Å²) in [6.07, 6.45) is 9.99. The van der Waals surface area contributed by atoms with Crippen molar-refractivity contribution >= 4 is 14.9 Å². The molecule has 0 saturated heterocycles. The second-order valence-electron chi connectivity index (χ2n) is 5.38. The van der Waals surface area contributed by atoms with Crippen LogP contribution in [-0.4, -0.2) is 34.2 Å². The third-order valence-corrected chi connectivity index (χ3v) is 11.1. The maximum atomic E-state index is 11.5. The Bertz CT molecular complexity index is 229. The van der Waals surface area contributed by atoms with Crippen molar-refractivity contribution in [3.05, 3.63) is 0 Å². The van der Waals surface area contributed by atoms with Crippen LogP contribution in [0.5, 0.6) is 0 Å². The predicted molar refractivity (Wildman–Crippen MR) is 83.2 cm³/mol. The summed E-state index contributed by atoms with van der Waals surface area (Å²) in [5.74, 6) is 0.194. The lowest BCUT2D eigenvalue weighted by molar-refractivity contribution is 0.379. The van der Waals surface area contributed by atoms with E-state index in [9.17, 15) is 14.4 Å². The summed E-state index contributed by atoms with van der Waals surface area (Å²) in [5, 5.41) is 0. The maximum absolute atomic E-state index is 11.5. The predicted octanol–water partition coefficient (Wildman–Crippen LogP) is 4.54. The zero-order valence-corrected chi connectivity index (χ0v) is 14.1. The molecule has 3 nitrogen and oxygen atoms in total. The Balaban J connectivity index is 4.78. The lowest BCUT2D eigenvalue weighted by atomic mass is 10.4. The van der Waals surface area contributed by atoms with Crippen molar-refractivity contribution in [3.8, 4) is 0 Å². The van der Waals surface area contributed by atoms with Crippen LogP contribution >= 0.6 is 14.9 Å². The Morgan fingerprint density at radius 1 is 0.833 bits per heavy atom. The Kier molecular flexibility index (Phi) is 9.78. The molecular weight excluding hydrogens is 266 g/mol. The van der Waals surface area contributed by atoms with E-state index in [0.717, 1.165) is 57.0 Å². The SMILES string of the molecule is CCCC[P+](CCCC)(CCCC)CP(=O)(O)O. The van der Waals surface area contributed by atoms with Gasteiger partial charge in [0.15, 0.2) is 5.90 Å². The topological polar surface area (TPSA) is 57.5 Å². The fraction of sp³-hybridized carbons (Fsp3) is 1.00. The summed E-state index contributed by atoms with van der Waals surface area (Å²) >= 11 is 0. The molecule has 0 aromatic rings. The van der Waals surface area contributed by atoms with E-state index in [2.05, 4.69) is 20.8 Å². The van der Waals surface area contributed by atoms with Gasteiger partial charge in [0, 0.05) is 7.26 Å². The van der Waals surface area contributed by atoms with Crippen molar-refractivity contribution in [1.82, 2.24) is 0 Å². The summed E-state index contributed by atoms with van der Waals surface area (Å²) in [5.41, 5.74) is 0. The lowest BCUT2D eigenvalue weighted by Gasteiger charge is -2.28. The minimum Gasteiger partial charge on any atom is -0.322 e. The molecule has 110 valence electrons. The molecule has 0 aliphatic carbocycles. The number of hydrogen-bond acceptors (Lipinski definition) is 1. The van der Waals surface area contributed by atoms with Crippen LogP contribution in [0.25, 0.3) is 0 Å². The van der Waals surface area contributed by atoms with Crippen LogP contribution in [0.15, 0.2) is 0 Å². The highest BCUT2D eigenvalue weighted by Gasteiger charge is 2.41. The molecule has 18 heavy (non-hydrogen) atoms. The molecule has 0 saturated carbocycles. The van der Waals surface area contributed by atoms with Crippen LogP contribution in [-0.2, 0) is 4.57 Å². The van der Waals surface area contributed by atoms with E-state index >= 15 is 0 Å². The van der Waals surface area contributed by atoms with Gasteiger partial charge in [-0.15, -0.1) is 0 Å². The largest absolute Gasteiger partial charge is 0.362 e. The normalized spacial score (nSPS) is 12.9. The first kappa shape index (κ1) is 18.6. The average molecular weight is 297 g/mol. The average Bonchev–Trinajstić information content (AvgIpc) is 2.29. The summed E-state index contributed by atoms with van der Waals surface area (Å²) in [7, 11) is -5.29. The van der Waals surface area contributed by atoms with Gasteiger partial charge >= 0.3 is 7.60 Å². The molecule has 0 aromatic heterocycles. The molecule has 0 aromatic carbocycles. The number of unbranched alkanes of at least 4 members (excludes halogenated alkanes) is 3. The second kappa shape index (κ2) is 9.48. The van der Waals surface area contributed by atoms with E-state index < -0.39 is 14.9 Å². The summed E-state index contributed by atoms with van der Waals surface area (Å²) in [6, 6.07) is 0. The van der Waals surface area contributed by atoms with Gasteiger partial charge in [0.2, 0.25) is 0 Å². The summed E-state index contributed by atoms with van der Waals surface area (Å²) < 4.78 is 11.5. The van der Waals surface area contributed by atoms with Crippen molar-refractivity contribution in [2.75, 3.05) is 24.4 Å². The first-order valence-corrected chi connectivity index (χ1v) is 11.6. The zero-order chi connectivity index (χ0) is 14.1. The summed E-state index contributed by atoms with van der Waals surface area (Å²) in [6.45, 7) is 6.48. The number of rotatable bonds is 11. The molecule has 5 heteroatoms. The molecule has 2 N–H and O–H groups in total. The van der Waals surface area contributed by atoms with Gasteiger partial charge in [0.05, 0.1) is 18.5 Å². The maximum Gasteiger partial charge on any atom is 0.362 e. The van der Waals surface area contributed by atoms with E-state index in [1.54, 1.807) is 0 Å². The lowest BCUT2D eigenvalue weighted by Crippen LogP contribution is -2.13. The Morgan fingerprint density at radius 3 is 1.39 bits per heavy atom. The van der Waals surface area contributed by atoms with Crippen LogP contribution in [0.2, 0.25) is 0 Å². The molecule has 0 heterocycles. The minimum absolute atomic E-state index is 0.194. The van der Waals surface area contributed by atoms with Crippen molar-refractivity contribution in [2.45, 2.75) is 59.3 Å². The van der Waals surface area contributed by atoms with E-state index in [0.29, 0.717) is 0 Å². The van der Waals surface area contributed by atoms with Gasteiger partial charge in [0.25, 0.3) is 0 Å². The van der Waals surface area contributed by atoms with E-state index in [-0.39, 0.29) is 5.90 Å². The van der Waals surface area contributed by atoms with Gasteiger partial charge < -0.3 is 9.79 Å². The number of hydrogen-bond donors (Lipinski definition) is 2. The van der Waals surface area contributed by atoms with Crippen LogP contribution in [0, 0.1) is 0 Å². The molecule has 0 radical (unpaired) electrons. The minimum atomic E-state index is -3.86. The third-order valence-electron chi connectivity index (χ3n) is 3.44. The molecule has 0 atom stereocenters. The molecular formula is C13H31O3P2+. The zero-order valence-electron chi connectivity index (χ0n) is 12.3. The van der Waals surface area contributed by atoms with E-state index in [1.165, 1.54) is 0 Å². The monoisotopic (exact) mass is 297 g/mol. The van der Waals surface area contributed by atoms with Gasteiger partial charge in [-0.25, -0.2) is 0 Å². The van der Waals surface area contributed by atoms with Crippen molar-refractivity contribution < 1.29 is 14.4 Å². The quantitative estimate of drug-likeness (QED) is 0.550. The van der Waals surface area contributed by atoms with Crippen LogP contribution in [0.4, 0.5) is 0 Å². The van der Waals surface area contributed by atoms with Crippen LogP contribution < -0.4 is 0 Å². The van der Waals surface area contributed by atoms with Gasteiger partial charge in [-0.3, -0.25) is 4.57 Å². The fourth-order valence-corrected chi connectivity index (χ4v) is 10.9. The van der Waals surface area contributed by atoms with Gasteiger partial charge in [-0.05, 0) is 19.3 Å². The molecule has 0 aliphatic heterocycles. The molecule has 0 spiro atoms. The molecule has 0 rings (SSSR count). The van der Waals surface area contributed by atoms with Crippen LogP contribution in [0.3, 0.4) is 0 Å².